The fraction of sp³-hybridized carbons (Fsp3) is 0.435. The summed E-state index contributed by atoms with van der Waals surface area (Å²) in [5.74, 6) is 0.922. The van der Waals surface area contributed by atoms with Crippen LogP contribution in [-0.4, -0.2) is 39.4 Å². The summed E-state index contributed by atoms with van der Waals surface area (Å²) < 4.78 is 31.2. The first-order chi connectivity index (χ1) is 14.0. The second kappa shape index (κ2) is 6.73. The molecular formula is C23H24FNO4. The molecule has 0 bridgehead atoms. The van der Waals surface area contributed by atoms with E-state index < -0.39 is 5.41 Å². The van der Waals surface area contributed by atoms with E-state index in [9.17, 15) is 9.18 Å². The van der Waals surface area contributed by atoms with E-state index in [0.717, 1.165) is 42.1 Å². The second-order valence-electron chi connectivity index (χ2n) is 8.02. The van der Waals surface area contributed by atoms with Gasteiger partial charge in [-0.05, 0) is 43.0 Å². The smallest absolute Gasteiger partial charge is 0.245 e. The maximum absolute atomic E-state index is 14.8. The van der Waals surface area contributed by atoms with E-state index in [4.69, 9.17) is 14.2 Å². The first-order valence-corrected chi connectivity index (χ1v) is 10.1. The minimum absolute atomic E-state index is 0.127. The normalized spacial score (nSPS) is 23.3. The van der Waals surface area contributed by atoms with E-state index in [0.29, 0.717) is 23.6 Å². The van der Waals surface area contributed by atoms with E-state index >= 15 is 0 Å². The average molecular weight is 397 g/mol. The summed E-state index contributed by atoms with van der Waals surface area (Å²) in [6.07, 6.45) is 3.35. The molecule has 2 aromatic carbocycles. The Labute approximate surface area is 169 Å². The third kappa shape index (κ3) is 2.58. The standard InChI is InChI=1S/C19H16FNO3.C4H8O/c1-10-3-4-13(20)16-17(10)21(2)18(22)19(16)9-24-15-8-14-11(5-6-23-14)7-12(15)19;1-2-4-5-3-1/h3-4,7-8H,5-6,9H2,1-2H3;1-4H2. The lowest BCUT2D eigenvalue weighted by Gasteiger charge is -2.22. The van der Waals surface area contributed by atoms with E-state index in [1.165, 1.54) is 18.9 Å². The first-order valence-electron chi connectivity index (χ1n) is 10.1. The van der Waals surface area contributed by atoms with E-state index in [2.05, 4.69) is 0 Å². The molecule has 4 heterocycles. The number of anilines is 1. The lowest BCUT2D eigenvalue weighted by atomic mass is 9.76. The Hall–Kier alpha value is -2.60. The van der Waals surface area contributed by atoms with Crippen molar-refractivity contribution in [2.75, 3.05) is 38.4 Å². The van der Waals surface area contributed by atoms with Crippen molar-refractivity contribution in [2.24, 2.45) is 0 Å². The Kier molecular flexibility index (Phi) is 4.28. The van der Waals surface area contributed by atoms with Gasteiger partial charge in [-0.1, -0.05) is 6.07 Å². The van der Waals surface area contributed by atoms with Crippen molar-refractivity contribution in [3.05, 3.63) is 52.3 Å². The summed E-state index contributed by atoms with van der Waals surface area (Å²) >= 11 is 0. The molecule has 1 fully saturated rings. The number of amides is 1. The molecule has 4 aliphatic rings. The van der Waals surface area contributed by atoms with Crippen LogP contribution in [0.2, 0.25) is 0 Å². The van der Waals surface area contributed by atoms with Crippen molar-refractivity contribution in [3.8, 4) is 11.5 Å². The molecular weight excluding hydrogens is 373 g/mol. The molecule has 29 heavy (non-hydrogen) atoms. The van der Waals surface area contributed by atoms with Crippen molar-refractivity contribution >= 4 is 11.6 Å². The molecule has 0 radical (unpaired) electrons. The number of carbonyl (C=O) groups is 1. The molecule has 0 saturated carbocycles. The lowest BCUT2D eigenvalue weighted by Crippen LogP contribution is -2.41. The monoisotopic (exact) mass is 397 g/mol. The molecule has 2 aromatic rings. The largest absolute Gasteiger partial charge is 0.493 e. The Morgan fingerprint density at radius 3 is 2.59 bits per heavy atom. The third-order valence-electron chi connectivity index (χ3n) is 6.28. The highest BCUT2D eigenvalue weighted by Crippen LogP contribution is 2.55. The number of aryl methyl sites for hydroxylation is 1. The summed E-state index contributed by atoms with van der Waals surface area (Å²) in [5, 5.41) is 0. The highest BCUT2D eigenvalue weighted by molar-refractivity contribution is 6.12. The molecule has 4 aliphatic heterocycles. The van der Waals surface area contributed by atoms with Gasteiger partial charge in [0.25, 0.3) is 0 Å². The van der Waals surface area contributed by atoms with Crippen molar-refractivity contribution in [1.82, 2.24) is 0 Å². The van der Waals surface area contributed by atoms with E-state index in [1.807, 2.05) is 19.1 Å². The summed E-state index contributed by atoms with van der Waals surface area (Å²) in [7, 11) is 1.71. The Balaban J connectivity index is 0.000000319. The van der Waals surface area contributed by atoms with Crippen LogP contribution in [0.5, 0.6) is 11.5 Å². The van der Waals surface area contributed by atoms with Gasteiger partial charge in [0.15, 0.2) is 0 Å². The van der Waals surface area contributed by atoms with Crippen LogP contribution in [-0.2, 0) is 21.4 Å². The lowest BCUT2D eigenvalue weighted by molar-refractivity contribution is -0.121. The predicted molar refractivity (Wildman–Crippen MR) is 107 cm³/mol. The Morgan fingerprint density at radius 2 is 1.86 bits per heavy atom. The van der Waals surface area contributed by atoms with Gasteiger partial charge in [-0.2, -0.15) is 0 Å². The van der Waals surface area contributed by atoms with Gasteiger partial charge in [0.2, 0.25) is 5.91 Å². The number of hydrogen-bond donors (Lipinski definition) is 0. The van der Waals surface area contributed by atoms with Gasteiger partial charge < -0.3 is 19.1 Å². The minimum atomic E-state index is -1.09. The SMILES string of the molecule is C1CCOC1.Cc1ccc(F)c2c1N(C)C(=O)C21COc2cc3c(cc21)CCO3. The van der Waals surface area contributed by atoms with Crippen LogP contribution in [0.15, 0.2) is 24.3 Å². The number of ether oxygens (including phenoxy) is 3. The maximum atomic E-state index is 14.8. The molecule has 5 nitrogen and oxygen atoms in total. The van der Waals surface area contributed by atoms with Crippen molar-refractivity contribution in [2.45, 2.75) is 31.6 Å². The number of benzene rings is 2. The van der Waals surface area contributed by atoms with Crippen LogP contribution in [0.3, 0.4) is 0 Å². The molecule has 1 unspecified atom stereocenters. The predicted octanol–water partition coefficient (Wildman–Crippen LogP) is 3.52. The molecule has 0 N–H and O–H groups in total. The topological polar surface area (TPSA) is 48.0 Å². The number of hydrogen-bond acceptors (Lipinski definition) is 4. The highest BCUT2D eigenvalue weighted by atomic mass is 19.1. The third-order valence-corrected chi connectivity index (χ3v) is 6.28. The second-order valence-corrected chi connectivity index (χ2v) is 8.02. The van der Waals surface area contributed by atoms with Crippen LogP contribution >= 0.6 is 0 Å². The molecule has 1 saturated heterocycles. The number of nitrogens with zero attached hydrogens (tertiary/aromatic N) is 1. The van der Waals surface area contributed by atoms with Gasteiger partial charge in [0.1, 0.15) is 29.3 Å². The summed E-state index contributed by atoms with van der Waals surface area (Å²) in [5.41, 5.74) is 2.70. The fourth-order valence-corrected chi connectivity index (χ4v) is 4.82. The number of fused-ring (bicyclic) bond motifs is 5. The zero-order chi connectivity index (χ0) is 20.2. The zero-order valence-electron chi connectivity index (χ0n) is 16.7. The Bertz CT molecular complexity index is 993. The molecule has 6 rings (SSSR count). The minimum Gasteiger partial charge on any atom is -0.493 e. The number of rotatable bonds is 0. The molecule has 0 aliphatic carbocycles. The molecule has 152 valence electrons. The summed E-state index contributed by atoms with van der Waals surface area (Å²) in [6.45, 7) is 4.65. The van der Waals surface area contributed by atoms with Gasteiger partial charge in [0, 0.05) is 43.9 Å². The van der Waals surface area contributed by atoms with Crippen LogP contribution in [0, 0.1) is 12.7 Å². The summed E-state index contributed by atoms with van der Waals surface area (Å²) in [6, 6.07) is 6.96. The molecule has 1 atom stereocenters. The van der Waals surface area contributed by atoms with Gasteiger partial charge >= 0.3 is 0 Å². The van der Waals surface area contributed by atoms with Crippen molar-refractivity contribution in [1.29, 1.82) is 0 Å². The van der Waals surface area contributed by atoms with Gasteiger partial charge in [0.05, 0.1) is 12.3 Å². The van der Waals surface area contributed by atoms with Crippen LogP contribution in [0.4, 0.5) is 10.1 Å². The van der Waals surface area contributed by atoms with Crippen molar-refractivity contribution < 1.29 is 23.4 Å². The first kappa shape index (κ1) is 18.4. The van der Waals surface area contributed by atoms with Crippen LogP contribution in [0.25, 0.3) is 0 Å². The van der Waals surface area contributed by atoms with E-state index in [-0.39, 0.29) is 18.3 Å². The van der Waals surface area contributed by atoms with Crippen LogP contribution < -0.4 is 14.4 Å². The van der Waals surface area contributed by atoms with Gasteiger partial charge in [-0.25, -0.2) is 4.39 Å². The quantitative estimate of drug-likeness (QED) is 0.683. The molecule has 6 heteroatoms. The van der Waals surface area contributed by atoms with Gasteiger partial charge in [-0.3, -0.25) is 4.79 Å². The molecule has 1 amide bonds. The number of carbonyl (C=O) groups excluding carboxylic acids is 1. The fourth-order valence-electron chi connectivity index (χ4n) is 4.82. The van der Waals surface area contributed by atoms with Crippen molar-refractivity contribution in [3.63, 3.8) is 0 Å². The summed E-state index contributed by atoms with van der Waals surface area (Å²) in [4.78, 5) is 14.8. The number of halogens is 1. The molecule has 1 spiro atoms. The Morgan fingerprint density at radius 1 is 1.07 bits per heavy atom. The average Bonchev–Trinajstić information content (AvgIpc) is 3.50. The van der Waals surface area contributed by atoms with Gasteiger partial charge in [-0.15, -0.1) is 0 Å². The maximum Gasteiger partial charge on any atom is 0.245 e. The molecule has 0 aromatic heterocycles. The number of likely N-dealkylation sites (N-methyl/N-ethyl adjacent to an activating group) is 1. The van der Waals surface area contributed by atoms with E-state index in [1.54, 1.807) is 18.0 Å². The van der Waals surface area contributed by atoms with Crippen LogP contribution in [0.1, 0.15) is 35.1 Å². The zero-order valence-corrected chi connectivity index (χ0v) is 16.7. The highest BCUT2D eigenvalue weighted by Gasteiger charge is 2.58.